The van der Waals surface area contributed by atoms with Gasteiger partial charge in [-0.25, -0.2) is 9.78 Å². The smallest absolute Gasteiger partial charge is 0.361 e. The molecular weight excluding hydrogens is 440 g/mol. The van der Waals surface area contributed by atoms with E-state index in [1.54, 1.807) is 20.8 Å². The van der Waals surface area contributed by atoms with Crippen molar-refractivity contribution in [3.05, 3.63) is 83.3 Å². The van der Waals surface area contributed by atoms with Crippen LogP contribution in [-0.4, -0.2) is 26.6 Å². The molecule has 35 heavy (non-hydrogen) atoms. The van der Waals surface area contributed by atoms with E-state index in [2.05, 4.69) is 34.2 Å². The molecule has 1 N–H and O–H groups in total. The van der Waals surface area contributed by atoms with Gasteiger partial charge in [-0.2, -0.15) is 4.98 Å². The maximum atomic E-state index is 13.1. The highest BCUT2D eigenvalue weighted by Crippen LogP contribution is 2.42. The van der Waals surface area contributed by atoms with Gasteiger partial charge >= 0.3 is 5.97 Å². The molecule has 0 aliphatic heterocycles. The van der Waals surface area contributed by atoms with Crippen molar-refractivity contribution in [2.45, 2.75) is 76.9 Å². The molecule has 0 amide bonds. The molecule has 2 aromatic carbocycles. The van der Waals surface area contributed by atoms with Gasteiger partial charge in [0.15, 0.2) is 5.69 Å². The minimum atomic E-state index is -0.719. The van der Waals surface area contributed by atoms with E-state index in [-0.39, 0.29) is 29.3 Å². The first-order valence-corrected chi connectivity index (χ1v) is 12.3. The number of carbonyl (C=O) groups excluding carboxylic acids is 1. The maximum absolute atomic E-state index is 13.1. The summed E-state index contributed by atoms with van der Waals surface area (Å²) in [5.41, 5.74) is 1.24. The number of benzene rings is 2. The number of aromatic nitrogens is 2. The summed E-state index contributed by atoms with van der Waals surface area (Å²) in [6.07, 6.45) is 6.00. The Labute approximate surface area is 207 Å². The van der Waals surface area contributed by atoms with Crippen LogP contribution in [0, 0.1) is 0 Å². The van der Waals surface area contributed by atoms with Crippen molar-refractivity contribution in [2.75, 3.05) is 0 Å². The number of esters is 1. The fourth-order valence-corrected chi connectivity index (χ4v) is 4.78. The normalized spacial score (nSPS) is 15.4. The number of ether oxygens (including phenoxy) is 2. The highest BCUT2D eigenvalue weighted by molar-refractivity contribution is 5.91. The average molecular weight is 475 g/mol. The zero-order valence-electron chi connectivity index (χ0n) is 20.8. The molecule has 4 rings (SSSR count). The minimum Gasteiger partial charge on any atom is -0.491 e. The quantitative estimate of drug-likeness (QED) is 0.413. The predicted molar refractivity (Wildman–Crippen MR) is 135 cm³/mol. The number of nitrogens with zero attached hydrogens (tertiary/aromatic N) is 2. The van der Waals surface area contributed by atoms with Crippen molar-refractivity contribution in [1.82, 2.24) is 9.97 Å². The van der Waals surface area contributed by atoms with Crippen LogP contribution in [0.5, 0.6) is 11.6 Å². The average Bonchev–Trinajstić information content (AvgIpc) is 2.84. The van der Waals surface area contributed by atoms with Gasteiger partial charge in [0.05, 0.1) is 0 Å². The molecular formula is C29H34N2O4. The lowest BCUT2D eigenvalue weighted by atomic mass is 9.67. The van der Waals surface area contributed by atoms with Crippen molar-refractivity contribution in [1.29, 1.82) is 0 Å². The largest absolute Gasteiger partial charge is 0.491 e. The third-order valence-corrected chi connectivity index (χ3v) is 6.41. The van der Waals surface area contributed by atoms with Crippen LogP contribution < -0.4 is 4.74 Å². The Morgan fingerprint density at radius 3 is 2.20 bits per heavy atom. The number of aromatic hydroxyl groups is 1. The molecule has 0 radical (unpaired) electrons. The molecule has 1 fully saturated rings. The lowest BCUT2D eigenvalue weighted by molar-refractivity contribution is 0.00563. The summed E-state index contributed by atoms with van der Waals surface area (Å²) in [5, 5.41) is 10.9. The van der Waals surface area contributed by atoms with Crippen LogP contribution in [-0.2, 0) is 23.2 Å². The summed E-state index contributed by atoms with van der Waals surface area (Å²) in [7, 11) is 0. The third-order valence-electron chi connectivity index (χ3n) is 6.41. The molecule has 184 valence electrons. The van der Waals surface area contributed by atoms with Crippen LogP contribution in [0.1, 0.15) is 80.3 Å². The van der Waals surface area contributed by atoms with Crippen LogP contribution in [0.15, 0.2) is 60.7 Å². The second kappa shape index (κ2) is 10.5. The first kappa shape index (κ1) is 24.7. The van der Waals surface area contributed by atoms with Crippen LogP contribution >= 0.6 is 0 Å². The first-order chi connectivity index (χ1) is 16.8. The third kappa shape index (κ3) is 6.18. The van der Waals surface area contributed by atoms with Gasteiger partial charge in [0, 0.05) is 11.8 Å². The monoisotopic (exact) mass is 474 g/mol. The van der Waals surface area contributed by atoms with Gasteiger partial charge in [-0.3, -0.25) is 0 Å². The van der Waals surface area contributed by atoms with Gasteiger partial charge in [0.25, 0.3) is 5.88 Å². The molecule has 1 saturated carbocycles. The standard InChI is InChI=1S/C29H34N2O4/c1-28(2,3)35-27(33)24-25(34-20-21-13-7-4-8-14-21)26(32)31-23(30-24)19-29(17-11-6-12-18-29)22-15-9-5-10-16-22/h4-5,7-10,13-16H,6,11-12,17-20H2,1-3H3,(H,30,31,32). The van der Waals surface area contributed by atoms with Crippen molar-refractivity contribution < 1.29 is 19.4 Å². The highest BCUT2D eigenvalue weighted by atomic mass is 16.6. The second-order valence-corrected chi connectivity index (χ2v) is 10.3. The first-order valence-electron chi connectivity index (χ1n) is 12.3. The van der Waals surface area contributed by atoms with Gasteiger partial charge in [-0.05, 0) is 44.7 Å². The van der Waals surface area contributed by atoms with Gasteiger partial charge in [-0.1, -0.05) is 79.9 Å². The summed E-state index contributed by atoms with van der Waals surface area (Å²) in [5.74, 6) is -0.617. The van der Waals surface area contributed by atoms with E-state index >= 15 is 0 Å². The van der Waals surface area contributed by atoms with E-state index in [0.717, 1.165) is 31.2 Å². The Kier molecular flexibility index (Phi) is 7.39. The molecule has 0 bridgehead atoms. The Hall–Kier alpha value is -3.41. The van der Waals surface area contributed by atoms with E-state index in [9.17, 15) is 9.90 Å². The van der Waals surface area contributed by atoms with Crippen molar-refractivity contribution in [3.8, 4) is 11.6 Å². The van der Waals surface area contributed by atoms with Gasteiger partial charge < -0.3 is 14.6 Å². The summed E-state index contributed by atoms with van der Waals surface area (Å²) in [4.78, 5) is 22.2. The molecule has 1 heterocycles. The molecule has 1 aliphatic rings. The molecule has 3 aromatic rings. The molecule has 1 aliphatic carbocycles. The van der Waals surface area contributed by atoms with Crippen molar-refractivity contribution in [3.63, 3.8) is 0 Å². The van der Waals surface area contributed by atoms with Crippen LogP contribution in [0.2, 0.25) is 0 Å². The highest BCUT2D eigenvalue weighted by Gasteiger charge is 2.36. The Bertz CT molecular complexity index is 1130. The molecule has 0 unspecified atom stereocenters. The number of hydrogen-bond donors (Lipinski definition) is 1. The predicted octanol–water partition coefficient (Wildman–Crippen LogP) is 6.16. The van der Waals surface area contributed by atoms with Crippen molar-refractivity contribution in [2.24, 2.45) is 0 Å². The lowest BCUT2D eigenvalue weighted by Gasteiger charge is -2.37. The van der Waals surface area contributed by atoms with Gasteiger partial charge in [-0.15, -0.1) is 0 Å². The fourth-order valence-electron chi connectivity index (χ4n) is 4.78. The zero-order valence-corrected chi connectivity index (χ0v) is 20.8. The molecule has 0 atom stereocenters. The molecule has 0 saturated heterocycles. The number of hydrogen-bond acceptors (Lipinski definition) is 6. The summed E-state index contributed by atoms with van der Waals surface area (Å²) in [6, 6.07) is 20.0. The van der Waals surface area contributed by atoms with Crippen molar-refractivity contribution >= 4 is 5.97 Å². The fraction of sp³-hybridized carbons (Fsp3) is 0.414. The molecule has 6 heteroatoms. The lowest BCUT2D eigenvalue weighted by Crippen LogP contribution is -2.33. The molecule has 6 nitrogen and oxygen atoms in total. The number of rotatable bonds is 7. The Balaban J connectivity index is 1.70. The second-order valence-electron chi connectivity index (χ2n) is 10.3. The summed E-state index contributed by atoms with van der Waals surface area (Å²) < 4.78 is 11.5. The van der Waals surface area contributed by atoms with E-state index in [0.29, 0.717) is 12.2 Å². The molecule has 0 spiro atoms. The van der Waals surface area contributed by atoms with E-state index in [1.165, 1.54) is 12.0 Å². The summed E-state index contributed by atoms with van der Waals surface area (Å²) in [6.45, 7) is 5.55. The van der Waals surface area contributed by atoms with Gasteiger partial charge in [0.1, 0.15) is 18.0 Å². The topological polar surface area (TPSA) is 81.5 Å². The summed E-state index contributed by atoms with van der Waals surface area (Å²) >= 11 is 0. The Morgan fingerprint density at radius 1 is 0.943 bits per heavy atom. The Morgan fingerprint density at radius 2 is 1.57 bits per heavy atom. The van der Waals surface area contributed by atoms with Gasteiger partial charge in [0.2, 0.25) is 5.75 Å². The van der Waals surface area contributed by atoms with Crippen LogP contribution in [0.25, 0.3) is 0 Å². The SMILES string of the molecule is CC(C)(C)OC(=O)c1nc(CC2(c3ccccc3)CCCCC2)nc(O)c1OCc1ccccc1. The molecule has 1 aromatic heterocycles. The van der Waals surface area contributed by atoms with E-state index in [4.69, 9.17) is 9.47 Å². The van der Waals surface area contributed by atoms with E-state index in [1.807, 2.05) is 36.4 Å². The van der Waals surface area contributed by atoms with Crippen LogP contribution in [0.4, 0.5) is 0 Å². The minimum absolute atomic E-state index is 0.0441. The van der Waals surface area contributed by atoms with Crippen LogP contribution in [0.3, 0.4) is 0 Å². The zero-order chi connectivity index (χ0) is 24.9. The maximum Gasteiger partial charge on any atom is 0.361 e. The number of carbonyl (C=O) groups is 1. The van der Waals surface area contributed by atoms with E-state index < -0.39 is 11.6 Å².